The van der Waals surface area contributed by atoms with Crippen LogP contribution in [-0.4, -0.2) is 16.6 Å². The van der Waals surface area contributed by atoms with Crippen LogP contribution in [0.2, 0.25) is 0 Å². The minimum atomic E-state index is 0.801. The predicted octanol–water partition coefficient (Wildman–Crippen LogP) is 12.0. The van der Waals surface area contributed by atoms with E-state index in [1.807, 2.05) is 12.4 Å². The molecule has 2 aromatic carbocycles. The van der Waals surface area contributed by atoms with Crippen LogP contribution in [0.25, 0.3) is 22.5 Å². The molecule has 3 nitrogen and oxygen atoms in total. The van der Waals surface area contributed by atoms with Crippen molar-refractivity contribution in [2.24, 2.45) is 11.8 Å². The molecular weight excluding hydrogens is 524 g/mol. The molecule has 0 aliphatic heterocycles. The van der Waals surface area contributed by atoms with E-state index in [9.17, 15) is 0 Å². The number of benzene rings is 2. The van der Waals surface area contributed by atoms with E-state index in [-0.39, 0.29) is 0 Å². The molecule has 0 unspecified atom stereocenters. The largest absolute Gasteiger partial charge is 0.494 e. The molecule has 234 valence electrons. The molecule has 0 N–H and O–H groups in total. The van der Waals surface area contributed by atoms with Crippen molar-refractivity contribution >= 4 is 0 Å². The van der Waals surface area contributed by atoms with Gasteiger partial charge in [0.05, 0.1) is 6.61 Å². The molecule has 1 aliphatic rings. The van der Waals surface area contributed by atoms with Crippen molar-refractivity contribution in [3.05, 3.63) is 66.5 Å². The van der Waals surface area contributed by atoms with Gasteiger partial charge < -0.3 is 4.74 Å². The normalized spacial score (nSPS) is 16.8. The van der Waals surface area contributed by atoms with Crippen LogP contribution < -0.4 is 4.74 Å². The molecule has 1 fully saturated rings. The van der Waals surface area contributed by atoms with Gasteiger partial charge in [0.2, 0.25) is 0 Å². The highest BCUT2D eigenvalue weighted by Gasteiger charge is 2.20. The van der Waals surface area contributed by atoms with E-state index in [2.05, 4.69) is 72.3 Å². The topological polar surface area (TPSA) is 35.0 Å². The first-order valence-electron chi connectivity index (χ1n) is 17.9. The van der Waals surface area contributed by atoms with Crippen LogP contribution in [0.4, 0.5) is 0 Å². The zero-order chi connectivity index (χ0) is 30.0. The Hall–Kier alpha value is -2.68. The highest BCUT2D eigenvalue weighted by Crippen LogP contribution is 2.34. The first kappa shape index (κ1) is 33.2. The highest BCUT2D eigenvalue weighted by molar-refractivity contribution is 5.68. The van der Waals surface area contributed by atoms with Gasteiger partial charge in [0.25, 0.3) is 0 Å². The van der Waals surface area contributed by atoms with Gasteiger partial charge in [-0.2, -0.15) is 0 Å². The van der Waals surface area contributed by atoms with Gasteiger partial charge in [-0.25, -0.2) is 9.97 Å². The second kappa shape index (κ2) is 19.6. The first-order valence-corrected chi connectivity index (χ1v) is 17.9. The van der Waals surface area contributed by atoms with Crippen molar-refractivity contribution in [2.75, 3.05) is 6.61 Å². The average Bonchev–Trinajstić information content (AvgIpc) is 3.06. The summed E-state index contributed by atoms with van der Waals surface area (Å²) < 4.78 is 6.10. The van der Waals surface area contributed by atoms with Crippen molar-refractivity contribution in [1.82, 2.24) is 9.97 Å². The smallest absolute Gasteiger partial charge is 0.159 e. The van der Waals surface area contributed by atoms with Crippen molar-refractivity contribution in [2.45, 2.75) is 136 Å². The van der Waals surface area contributed by atoms with Gasteiger partial charge in [0, 0.05) is 18.0 Å². The number of unbranched alkanes of at least 4 members (excludes halogenated alkanes) is 9. The third-order valence-corrected chi connectivity index (χ3v) is 9.56. The van der Waals surface area contributed by atoms with Gasteiger partial charge in [-0.05, 0) is 66.3 Å². The van der Waals surface area contributed by atoms with Gasteiger partial charge >= 0.3 is 0 Å². The maximum Gasteiger partial charge on any atom is 0.159 e. The molecular formula is C40H58N2O. The summed E-state index contributed by atoms with van der Waals surface area (Å²) in [5.41, 5.74) is 4.71. The van der Waals surface area contributed by atoms with E-state index in [1.54, 1.807) is 0 Å². The molecule has 3 aromatic rings. The average molecular weight is 583 g/mol. The Bertz CT molecular complexity index is 1110. The molecule has 0 amide bonds. The molecule has 0 spiro atoms. The third-order valence-electron chi connectivity index (χ3n) is 9.56. The van der Waals surface area contributed by atoms with Crippen molar-refractivity contribution < 1.29 is 4.74 Å². The number of hydrogen-bond donors (Lipinski definition) is 0. The molecule has 0 atom stereocenters. The summed E-state index contributed by atoms with van der Waals surface area (Å²) in [6.07, 6.45) is 29.8. The molecule has 0 saturated heterocycles. The van der Waals surface area contributed by atoms with Crippen LogP contribution in [-0.2, 0) is 6.42 Å². The minimum Gasteiger partial charge on any atom is -0.494 e. The molecule has 4 rings (SSSR count). The van der Waals surface area contributed by atoms with Gasteiger partial charge in [-0.15, -0.1) is 0 Å². The molecule has 3 heteroatoms. The molecule has 1 aliphatic carbocycles. The summed E-state index contributed by atoms with van der Waals surface area (Å²) in [6.45, 7) is 5.40. The van der Waals surface area contributed by atoms with E-state index >= 15 is 0 Å². The van der Waals surface area contributed by atoms with E-state index < -0.39 is 0 Å². The van der Waals surface area contributed by atoms with Crippen molar-refractivity contribution in [1.29, 1.82) is 0 Å². The van der Waals surface area contributed by atoms with E-state index in [0.717, 1.165) is 48.4 Å². The van der Waals surface area contributed by atoms with Crippen LogP contribution in [0.3, 0.4) is 0 Å². The van der Waals surface area contributed by atoms with Crippen LogP contribution in [0, 0.1) is 11.8 Å². The molecule has 1 saturated carbocycles. The highest BCUT2D eigenvalue weighted by atomic mass is 16.5. The molecule has 0 radical (unpaired) electrons. The second-order valence-corrected chi connectivity index (χ2v) is 13.1. The van der Waals surface area contributed by atoms with Gasteiger partial charge in [-0.1, -0.05) is 147 Å². The SMILES string of the molecule is CCCCCCCCCCc1cnc(-c2ccc(-c3ccc(OCCC[C@H]4CC[C@H](CCCCC)CC4)cc3)cc2)nc1. The fourth-order valence-electron chi connectivity index (χ4n) is 6.71. The molecule has 43 heavy (non-hydrogen) atoms. The third kappa shape index (κ3) is 12.1. The Balaban J connectivity index is 1.12. The fourth-order valence-corrected chi connectivity index (χ4v) is 6.71. The number of nitrogens with zero attached hydrogens (tertiary/aromatic N) is 2. The van der Waals surface area contributed by atoms with Crippen LogP contribution >= 0.6 is 0 Å². The quantitative estimate of drug-likeness (QED) is 0.124. The van der Waals surface area contributed by atoms with Crippen LogP contribution in [0.15, 0.2) is 60.9 Å². The second-order valence-electron chi connectivity index (χ2n) is 13.1. The number of hydrogen-bond acceptors (Lipinski definition) is 3. The van der Waals surface area contributed by atoms with E-state index in [1.165, 1.54) is 126 Å². The zero-order valence-electron chi connectivity index (χ0n) is 27.4. The number of aryl methyl sites for hydroxylation is 1. The van der Waals surface area contributed by atoms with Gasteiger partial charge in [0.1, 0.15) is 5.75 Å². The lowest BCUT2D eigenvalue weighted by Crippen LogP contribution is -2.15. The summed E-state index contributed by atoms with van der Waals surface area (Å²) in [6, 6.07) is 17.2. The maximum absolute atomic E-state index is 6.10. The van der Waals surface area contributed by atoms with Crippen molar-refractivity contribution in [3.8, 4) is 28.3 Å². The van der Waals surface area contributed by atoms with E-state index in [0.29, 0.717) is 0 Å². The van der Waals surface area contributed by atoms with Crippen molar-refractivity contribution in [3.63, 3.8) is 0 Å². The standard InChI is InChI=1S/C40H58N2O/c1-3-5-7-8-9-10-11-13-16-35-31-41-40(42-32-35)38-24-22-36(23-25-38)37-26-28-39(29-27-37)43-30-14-17-34-20-18-33(19-21-34)15-12-6-4-2/h22-29,31-34H,3-21,30H2,1-2H3/t33-,34-. The minimum absolute atomic E-state index is 0.801. The zero-order valence-corrected chi connectivity index (χ0v) is 27.4. The lowest BCUT2D eigenvalue weighted by Gasteiger charge is -2.28. The fraction of sp³-hybridized carbons (Fsp3) is 0.600. The molecule has 1 aromatic heterocycles. The Morgan fingerprint density at radius 2 is 1.05 bits per heavy atom. The van der Waals surface area contributed by atoms with Crippen LogP contribution in [0.5, 0.6) is 5.75 Å². The van der Waals surface area contributed by atoms with Gasteiger partial charge in [0.15, 0.2) is 5.82 Å². The van der Waals surface area contributed by atoms with Crippen LogP contribution in [0.1, 0.15) is 135 Å². The Kier molecular flexibility index (Phi) is 15.1. The number of rotatable bonds is 20. The monoisotopic (exact) mass is 582 g/mol. The molecule has 1 heterocycles. The Labute approximate surface area is 263 Å². The van der Waals surface area contributed by atoms with E-state index in [4.69, 9.17) is 4.74 Å². The predicted molar refractivity (Wildman–Crippen MR) is 184 cm³/mol. The summed E-state index contributed by atoms with van der Waals surface area (Å²) in [5.74, 6) is 3.69. The summed E-state index contributed by atoms with van der Waals surface area (Å²) in [5, 5.41) is 0. The number of aromatic nitrogens is 2. The summed E-state index contributed by atoms with van der Waals surface area (Å²) in [4.78, 5) is 9.33. The summed E-state index contributed by atoms with van der Waals surface area (Å²) in [7, 11) is 0. The number of ether oxygens (including phenoxy) is 1. The molecule has 0 bridgehead atoms. The lowest BCUT2D eigenvalue weighted by atomic mass is 9.78. The first-order chi connectivity index (χ1) is 21.2. The Morgan fingerprint density at radius 1 is 0.558 bits per heavy atom. The maximum atomic E-state index is 6.10. The lowest BCUT2D eigenvalue weighted by molar-refractivity contribution is 0.228. The van der Waals surface area contributed by atoms with Gasteiger partial charge in [-0.3, -0.25) is 0 Å². The Morgan fingerprint density at radius 3 is 1.65 bits per heavy atom. The summed E-state index contributed by atoms with van der Waals surface area (Å²) >= 11 is 0.